The van der Waals surface area contributed by atoms with Crippen LogP contribution in [0, 0.1) is 0 Å². The van der Waals surface area contributed by atoms with E-state index in [0.717, 1.165) is 22.7 Å². The first-order chi connectivity index (χ1) is 15.7. The van der Waals surface area contributed by atoms with E-state index in [-0.39, 0.29) is 12.0 Å². The van der Waals surface area contributed by atoms with Gasteiger partial charge in [-0.25, -0.2) is 4.79 Å². The van der Waals surface area contributed by atoms with Gasteiger partial charge in [-0.3, -0.25) is 14.7 Å². The van der Waals surface area contributed by atoms with Crippen LogP contribution in [0.4, 0.5) is 10.5 Å². The minimum absolute atomic E-state index is 0.211. The third-order valence-corrected chi connectivity index (χ3v) is 6.40. The lowest BCUT2D eigenvalue weighted by Crippen LogP contribution is -2.33. The van der Waals surface area contributed by atoms with Crippen molar-refractivity contribution in [2.75, 3.05) is 11.1 Å². The monoisotopic (exact) mass is 469 g/mol. The predicted molar refractivity (Wildman–Crippen MR) is 134 cm³/mol. The SMILES string of the molecule is CCCCCCCSc1ccc(NC(=O)c2cnc3c(c2)CN(C(=O)OC(C)(C)C)C3)cc1. The Hall–Kier alpha value is -2.54. The maximum absolute atomic E-state index is 12.7. The number of amides is 2. The lowest BCUT2D eigenvalue weighted by Gasteiger charge is -2.23. The van der Waals surface area contributed by atoms with Gasteiger partial charge in [0.25, 0.3) is 5.91 Å². The van der Waals surface area contributed by atoms with E-state index in [1.165, 1.54) is 37.0 Å². The van der Waals surface area contributed by atoms with E-state index in [9.17, 15) is 9.59 Å². The van der Waals surface area contributed by atoms with Crippen LogP contribution in [0.5, 0.6) is 0 Å². The average Bonchev–Trinajstić information content (AvgIpc) is 3.20. The van der Waals surface area contributed by atoms with Crippen molar-refractivity contribution in [3.05, 3.63) is 53.3 Å². The quantitative estimate of drug-likeness (QED) is 0.329. The average molecular weight is 470 g/mol. The van der Waals surface area contributed by atoms with E-state index in [2.05, 4.69) is 17.2 Å². The molecule has 0 bridgehead atoms. The number of thioether (sulfide) groups is 1. The first-order valence-corrected chi connectivity index (χ1v) is 12.7. The number of nitrogens with one attached hydrogen (secondary N) is 1. The molecule has 1 aliphatic heterocycles. The molecule has 1 aromatic carbocycles. The maximum Gasteiger partial charge on any atom is 0.410 e. The summed E-state index contributed by atoms with van der Waals surface area (Å²) >= 11 is 1.86. The number of anilines is 1. The Balaban J connectivity index is 1.51. The van der Waals surface area contributed by atoms with Crippen LogP contribution in [-0.4, -0.2) is 33.2 Å². The van der Waals surface area contributed by atoms with E-state index in [1.807, 2.05) is 62.9 Å². The fourth-order valence-electron chi connectivity index (χ4n) is 3.57. The van der Waals surface area contributed by atoms with Gasteiger partial charge in [0.2, 0.25) is 0 Å². The molecule has 1 aromatic heterocycles. The van der Waals surface area contributed by atoms with Crippen LogP contribution in [0.3, 0.4) is 0 Å². The highest BCUT2D eigenvalue weighted by atomic mass is 32.2. The van der Waals surface area contributed by atoms with Crippen molar-refractivity contribution in [2.45, 2.75) is 83.4 Å². The highest BCUT2D eigenvalue weighted by molar-refractivity contribution is 7.99. The van der Waals surface area contributed by atoms with Gasteiger partial charge in [-0.05, 0) is 68.8 Å². The number of unbranched alkanes of at least 4 members (excludes halogenated alkanes) is 4. The highest BCUT2D eigenvalue weighted by Crippen LogP contribution is 2.25. The molecule has 0 radical (unpaired) electrons. The number of benzene rings is 1. The standard InChI is InChI=1S/C26H35N3O3S/c1-5-6-7-8-9-14-33-22-12-10-21(11-13-22)28-24(30)19-15-20-17-29(18-23(20)27-16-19)25(31)32-26(2,3)4/h10-13,15-16H,5-9,14,17-18H2,1-4H3,(H,28,30). The summed E-state index contributed by atoms with van der Waals surface area (Å²) in [4.78, 5) is 32.3. The summed E-state index contributed by atoms with van der Waals surface area (Å²) in [6.07, 6.45) is 7.63. The second-order valence-electron chi connectivity index (χ2n) is 9.41. The molecule has 1 N–H and O–H groups in total. The number of hydrogen-bond acceptors (Lipinski definition) is 5. The Morgan fingerprint density at radius 1 is 1.09 bits per heavy atom. The summed E-state index contributed by atoms with van der Waals surface area (Å²) in [5, 5.41) is 2.94. The number of aromatic nitrogens is 1. The zero-order chi connectivity index (χ0) is 23.8. The summed E-state index contributed by atoms with van der Waals surface area (Å²) in [5.74, 6) is 0.911. The van der Waals surface area contributed by atoms with Crippen molar-refractivity contribution in [1.82, 2.24) is 9.88 Å². The summed E-state index contributed by atoms with van der Waals surface area (Å²) in [6.45, 7) is 8.54. The van der Waals surface area contributed by atoms with E-state index >= 15 is 0 Å². The van der Waals surface area contributed by atoms with Crippen molar-refractivity contribution >= 4 is 29.4 Å². The zero-order valence-electron chi connectivity index (χ0n) is 20.1. The summed E-state index contributed by atoms with van der Waals surface area (Å²) in [6, 6.07) is 9.77. The van der Waals surface area contributed by atoms with Gasteiger partial charge in [-0.15, -0.1) is 11.8 Å². The number of nitrogens with zero attached hydrogens (tertiary/aromatic N) is 2. The van der Waals surface area contributed by atoms with Crippen LogP contribution in [0.25, 0.3) is 0 Å². The van der Waals surface area contributed by atoms with Crippen molar-refractivity contribution < 1.29 is 14.3 Å². The van der Waals surface area contributed by atoms with Crippen LogP contribution in [0.1, 0.15) is 81.4 Å². The molecular formula is C26H35N3O3S. The van der Waals surface area contributed by atoms with Gasteiger partial charge in [0.05, 0.1) is 24.3 Å². The van der Waals surface area contributed by atoms with E-state index in [4.69, 9.17) is 4.74 Å². The van der Waals surface area contributed by atoms with Crippen molar-refractivity contribution in [3.8, 4) is 0 Å². The lowest BCUT2D eigenvalue weighted by molar-refractivity contribution is 0.0240. The minimum atomic E-state index is -0.549. The summed E-state index contributed by atoms with van der Waals surface area (Å²) < 4.78 is 5.44. The largest absolute Gasteiger partial charge is 0.444 e. The number of rotatable bonds is 9. The van der Waals surface area contributed by atoms with Gasteiger partial charge in [0.1, 0.15) is 5.60 Å². The fourth-order valence-corrected chi connectivity index (χ4v) is 4.49. The number of pyridine rings is 1. The van der Waals surface area contributed by atoms with Gasteiger partial charge >= 0.3 is 6.09 Å². The molecule has 178 valence electrons. The van der Waals surface area contributed by atoms with Crippen LogP contribution < -0.4 is 5.32 Å². The molecule has 3 rings (SSSR count). The Bertz CT molecular complexity index is 954. The Morgan fingerprint density at radius 2 is 1.82 bits per heavy atom. The van der Waals surface area contributed by atoms with Gasteiger partial charge in [-0.2, -0.15) is 0 Å². The molecule has 33 heavy (non-hydrogen) atoms. The van der Waals surface area contributed by atoms with Gasteiger partial charge in [-0.1, -0.05) is 32.6 Å². The smallest absolute Gasteiger partial charge is 0.410 e. The molecule has 2 aromatic rings. The number of carbonyl (C=O) groups is 2. The molecule has 6 nitrogen and oxygen atoms in total. The Morgan fingerprint density at radius 3 is 2.52 bits per heavy atom. The topological polar surface area (TPSA) is 71.5 Å². The fraction of sp³-hybridized carbons (Fsp3) is 0.500. The van der Waals surface area contributed by atoms with Gasteiger partial charge < -0.3 is 10.1 Å². The van der Waals surface area contributed by atoms with Gasteiger partial charge in [0.15, 0.2) is 0 Å². The number of fused-ring (bicyclic) bond motifs is 1. The molecule has 0 fully saturated rings. The van der Waals surface area contributed by atoms with Gasteiger partial charge in [0, 0.05) is 16.8 Å². The van der Waals surface area contributed by atoms with Crippen LogP contribution >= 0.6 is 11.8 Å². The highest BCUT2D eigenvalue weighted by Gasteiger charge is 2.29. The first-order valence-electron chi connectivity index (χ1n) is 11.7. The van der Waals surface area contributed by atoms with Crippen LogP contribution in [0.2, 0.25) is 0 Å². The van der Waals surface area contributed by atoms with Crippen LogP contribution in [-0.2, 0) is 17.8 Å². The van der Waals surface area contributed by atoms with Crippen molar-refractivity contribution in [1.29, 1.82) is 0 Å². The molecular weight excluding hydrogens is 434 g/mol. The molecule has 0 aliphatic carbocycles. The second kappa shape index (κ2) is 11.5. The van der Waals surface area contributed by atoms with Crippen molar-refractivity contribution in [3.63, 3.8) is 0 Å². The molecule has 0 saturated carbocycles. The molecule has 0 atom stereocenters. The number of carbonyl (C=O) groups excluding carboxylic acids is 2. The number of ether oxygens (including phenoxy) is 1. The number of hydrogen-bond donors (Lipinski definition) is 1. The zero-order valence-corrected chi connectivity index (χ0v) is 21.0. The molecule has 2 amide bonds. The van der Waals surface area contributed by atoms with Crippen molar-refractivity contribution in [2.24, 2.45) is 0 Å². The van der Waals surface area contributed by atoms with E-state index in [1.54, 1.807) is 11.1 Å². The third-order valence-electron chi connectivity index (χ3n) is 5.30. The second-order valence-corrected chi connectivity index (χ2v) is 10.6. The molecule has 0 unspecified atom stereocenters. The first kappa shape index (κ1) is 25.1. The van der Waals surface area contributed by atoms with E-state index < -0.39 is 5.60 Å². The molecule has 1 aliphatic rings. The minimum Gasteiger partial charge on any atom is -0.444 e. The normalized spacial score (nSPS) is 13.0. The molecule has 2 heterocycles. The maximum atomic E-state index is 12.7. The Labute approximate surface area is 201 Å². The molecule has 0 spiro atoms. The van der Waals surface area contributed by atoms with Crippen LogP contribution in [0.15, 0.2) is 41.4 Å². The summed E-state index contributed by atoms with van der Waals surface area (Å²) in [7, 11) is 0. The van der Waals surface area contributed by atoms with E-state index in [0.29, 0.717) is 18.7 Å². The summed E-state index contributed by atoms with van der Waals surface area (Å²) in [5.41, 5.74) is 2.36. The third kappa shape index (κ3) is 7.77. The molecule has 7 heteroatoms. The lowest BCUT2D eigenvalue weighted by atomic mass is 10.1. The Kier molecular flexibility index (Phi) is 8.78. The molecule has 0 saturated heterocycles. The predicted octanol–water partition coefficient (Wildman–Crippen LogP) is 6.65.